The quantitative estimate of drug-likeness (QED) is 0.613. The van der Waals surface area contributed by atoms with E-state index >= 15 is 0 Å². The first-order valence-corrected chi connectivity index (χ1v) is 4.65. The van der Waals surface area contributed by atoms with E-state index in [0.717, 1.165) is 17.7 Å². The van der Waals surface area contributed by atoms with E-state index < -0.39 is 17.5 Å². The summed E-state index contributed by atoms with van der Waals surface area (Å²) in [4.78, 5) is 11.2. The molecule has 0 saturated heterocycles. The van der Waals surface area contributed by atoms with Crippen molar-refractivity contribution in [3.63, 3.8) is 0 Å². The van der Waals surface area contributed by atoms with E-state index in [4.69, 9.17) is 0 Å². The van der Waals surface area contributed by atoms with Gasteiger partial charge in [-0.3, -0.25) is 15.6 Å². The Kier molecular flexibility index (Phi) is 3.99. The number of hydrazine groups is 1. The van der Waals surface area contributed by atoms with Gasteiger partial charge in [0, 0.05) is 12.1 Å². The summed E-state index contributed by atoms with van der Waals surface area (Å²) in [5.74, 6) is -1.83. The Morgan fingerprint density at radius 3 is 2.56 bits per heavy atom. The van der Waals surface area contributed by atoms with Gasteiger partial charge in [-0.1, -0.05) is 5.57 Å². The first-order chi connectivity index (χ1) is 7.49. The normalized spacial score (nSPS) is 9.50. The minimum Gasteiger partial charge on any atom is -0.295 e. The number of anilines is 1. The zero-order valence-corrected chi connectivity index (χ0v) is 8.97. The summed E-state index contributed by atoms with van der Waals surface area (Å²) in [7, 11) is 0. The number of halogens is 2. The maximum absolute atomic E-state index is 13.1. The van der Waals surface area contributed by atoms with Gasteiger partial charge in [0.25, 0.3) is 5.91 Å². The van der Waals surface area contributed by atoms with Crippen LogP contribution in [-0.2, 0) is 4.79 Å². The second kappa shape index (κ2) is 5.25. The maximum atomic E-state index is 13.1. The van der Waals surface area contributed by atoms with Crippen molar-refractivity contribution >= 4 is 11.6 Å². The smallest absolute Gasteiger partial charge is 0.262 e. The number of benzene rings is 1. The number of amides is 1. The van der Waals surface area contributed by atoms with Gasteiger partial charge in [0.05, 0.1) is 5.69 Å². The second-order valence-corrected chi connectivity index (χ2v) is 3.46. The average molecular weight is 226 g/mol. The number of nitrogens with one attached hydrogen (secondary N) is 2. The zero-order chi connectivity index (χ0) is 12.1. The lowest BCUT2D eigenvalue weighted by molar-refractivity contribution is -0.116. The first kappa shape index (κ1) is 12.2. The van der Waals surface area contributed by atoms with Crippen molar-refractivity contribution in [2.75, 3.05) is 5.43 Å². The molecule has 0 aromatic heterocycles. The van der Waals surface area contributed by atoms with E-state index in [1.54, 1.807) is 13.8 Å². The van der Waals surface area contributed by atoms with Gasteiger partial charge < -0.3 is 0 Å². The third-order valence-electron chi connectivity index (χ3n) is 1.67. The number of carbonyl (C=O) groups is 1. The molecule has 0 aliphatic heterocycles. The Morgan fingerprint density at radius 2 is 2.00 bits per heavy atom. The molecule has 5 heteroatoms. The Bertz CT molecular complexity index is 426. The third kappa shape index (κ3) is 3.68. The highest BCUT2D eigenvalue weighted by atomic mass is 19.1. The molecule has 0 radical (unpaired) electrons. The van der Waals surface area contributed by atoms with Crippen LogP contribution in [0.1, 0.15) is 13.8 Å². The lowest BCUT2D eigenvalue weighted by atomic mass is 10.3. The summed E-state index contributed by atoms with van der Waals surface area (Å²) in [5.41, 5.74) is 5.45. The van der Waals surface area contributed by atoms with Crippen molar-refractivity contribution in [2.45, 2.75) is 13.8 Å². The fourth-order valence-electron chi connectivity index (χ4n) is 1.02. The molecule has 0 bridgehead atoms. The average Bonchev–Trinajstić information content (AvgIpc) is 2.15. The van der Waals surface area contributed by atoms with Crippen molar-refractivity contribution in [1.29, 1.82) is 0 Å². The first-order valence-electron chi connectivity index (χ1n) is 4.65. The van der Waals surface area contributed by atoms with Gasteiger partial charge in [-0.2, -0.15) is 0 Å². The van der Waals surface area contributed by atoms with Crippen molar-refractivity contribution in [2.24, 2.45) is 0 Å². The predicted octanol–water partition coefficient (Wildman–Crippen LogP) is 2.37. The van der Waals surface area contributed by atoms with E-state index in [9.17, 15) is 13.6 Å². The molecular formula is C11H12F2N2O. The Labute approximate surface area is 92.1 Å². The van der Waals surface area contributed by atoms with Gasteiger partial charge in [-0.05, 0) is 26.0 Å². The molecule has 1 aromatic rings. The molecule has 1 rings (SSSR count). The van der Waals surface area contributed by atoms with E-state index in [0.29, 0.717) is 0 Å². The van der Waals surface area contributed by atoms with Gasteiger partial charge in [0.2, 0.25) is 0 Å². The molecule has 0 spiro atoms. The Hall–Kier alpha value is -1.91. The van der Waals surface area contributed by atoms with Crippen LogP contribution in [0.3, 0.4) is 0 Å². The van der Waals surface area contributed by atoms with Crippen molar-refractivity contribution in [1.82, 2.24) is 5.43 Å². The molecule has 1 amide bonds. The maximum Gasteiger partial charge on any atom is 0.262 e. The molecule has 0 atom stereocenters. The van der Waals surface area contributed by atoms with Gasteiger partial charge in [-0.25, -0.2) is 8.78 Å². The molecule has 0 heterocycles. The molecule has 0 fully saturated rings. The van der Waals surface area contributed by atoms with Crippen LogP contribution in [0, 0.1) is 11.6 Å². The number of hydrogen-bond acceptors (Lipinski definition) is 2. The van der Waals surface area contributed by atoms with Crippen LogP contribution in [0.2, 0.25) is 0 Å². The standard InChI is InChI=1S/C11H12F2N2O/c1-7(2)5-11(16)15-14-10-4-3-8(12)6-9(10)13/h3-6,14H,1-2H3,(H,15,16). The monoisotopic (exact) mass is 226 g/mol. The fourth-order valence-corrected chi connectivity index (χ4v) is 1.02. The number of rotatable bonds is 3. The van der Waals surface area contributed by atoms with Crippen molar-refractivity contribution < 1.29 is 13.6 Å². The van der Waals surface area contributed by atoms with E-state index in [1.807, 2.05) is 0 Å². The molecule has 0 saturated carbocycles. The molecule has 0 aliphatic carbocycles. The van der Waals surface area contributed by atoms with Gasteiger partial charge >= 0.3 is 0 Å². The van der Waals surface area contributed by atoms with Gasteiger partial charge in [0.15, 0.2) is 5.82 Å². The number of hydrogen-bond donors (Lipinski definition) is 2. The molecule has 16 heavy (non-hydrogen) atoms. The van der Waals surface area contributed by atoms with Crippen LogP contribution >= 0.6 is 0 Å². The Balaban J connectivity index is 2.62. The molecule has 0 aliphatic rings. The molecule has 3 nitrogen and oxygen atoms in total. The minimum atomic E-state index is -0.766. The molecular weight excluding hydrogens is 214 g/mol. The third-order valence-corrected chi connectivity index (χ3v) is 1.67. The zero-order valence-electron chi connectivity index (χ0n) is 8.97. The second-order valence-electron chi connectivity index (χ2n) is 3.46. The number of allylic oxidation sites excluding steroid dienone is 1. The van der Waals surface area contributed by atoms with E-state index in [-0.39, 0.29) is 5.69 Å². The summed E-state index contributed by atoms with van der Waals surface area (Å²) in [5, 5.41) is 0. The molecule has 0 unspecified atom stereocenters. The summed E-state index contributed by atoms with van der Waals surface area (Å²) in [6.45, 7) is 3.52. The van der Waals surface area contributed by atoms with E-state index in [1.165, 1.54) is 12.1 Å². The highest BCUT2D eigenvalue weighted by Crippen LogP contribution is 2.13. The topological polar surface area (TPSA) is 41.1 Å². The van der Waals surface area contributed by atoms with Crippen molar-refractivity contribution in [3.8, 4) is 0 Å². The highest BCUT2D eigenvalue weighted by molar-refractivity contribution is 5.88. The fraction of sp³-hybridized carbons (Fsp3) is 0.182. The highest BCUT2D eigenvalue weighted by Gasteiger charge is 2.03. The van der Waals surface area contributed by atoms with Crippen LogP contribution in [0.15, 0.2) is 29.8 Å². The van der Waals surface area contributed by atoms with Crippen LogP contribution in [0.25, 0.3) is 0 Å². The number of carbonyl (C=O) groups excluding carboxylic acids is 1. The predicted molar refractivity (Wildman–Crippen MR) is 57.6 cm³/mol. The summed E-state index contributed by atoms with van der Waals surface area (Å²) in [6.07, 6.45) is 1.36. The van der Waals surface area contributed by atoms with Crippen molar-refractivity contribution in [3.05, 3.63) is 41.5 Å². The lowest BCUT2D eigenvalue weighted by Crippen LogP contribution is -2.28. The summed E-state index contributed by atoms with van der Waals surface area (Å²) < 4.78 is 25.6. The largest absolute Gasteiger partial charge is 0.295 e. The lowest BCUT2D eigenvalue weighted by Gasteiger charge is -2.07. The van der Waals surface area contributed by atoms with Crippen LogP contribution in [0.4, 0.5) is 14.5 Å². The Morgan fingerprint density at radius 1 is 1.31 bits per heavy atom. The summed E-state index contributed by atoms with van der Waals surface area (Å²) in [6, 6.07) is 3.03. The van der Waals surface area contributed by atoms with E-state index in [2.05, 4.69) is 10.9 Å². The van der Waals surface area contributed by atoms with Crippen LogP contribution in [0.5, 0.6) is 0 Å². The van der Waals surface area contributed by atoms with Gasteiger partial charge in [-0.15, -0.1) is 0 Å². The molecule has 1 aromatic carbocycles. The minimum absolute atomic E-state index is 0.0110. The van der Waals surface area contributed by atoms with Gasteiger partial charge in [0.1, 0.15) is 5.82 Å². The summed E-state index contributed by atoms with van der Waals surface area (Å²) >= 11 is 0. The molecule has 86 valence electrons. The SMILES string of the molecule is CC(C)=CC(=O)NNc1ccc(F)cc1F. The molecule has 2 N–H and O–H groups in total. The van der Waals surface area contributed by atoms with Crippen LogP contribution < -0.4 is 10.9 Å². The van der Waals surface area contributed by atoms with Crippen LogP contribution in [-0.4, -0.2) is 5.91 Å².